The van der Waals surface area contributed by atoms with E-state index < -0.39 is 0 Å². The number of rotatable bonds is 6. The molecule has 1 aromatic heterocycles. The van der Waals surface area contributed by atoms with E-state index in [-0.39, 0.29) is 24.8 Å². The number of aryl methyl sites for hydroxylation is 1. The molecule has 1 unspecified atom stereocenters. The number of methoxy groups -OCH3 is 1. The third-order valence-corrected chi connectivity index (χ3v) is 3.37. The third kappa shape index (κ3) is 5.20. The van der Waals surface area contributed by atoms with Crippen molar-refractivity contribution in [3.63, 3.8) is 0 Å². The molecular formula is C16H25Cl2N3O. The number of nitrogens with one attached hydrogen (secondary N) is 1. The standard InChI is InChI=1S/C16H23N3O.2ClH/c1-11-7-13-8-14(20-3)9-15(16(13)18-10-11)19-12(2)5-4-6-17;;/h7-10,12,19H,4-6,17H2,1-3H3;2*1H. The highest BCUT2D eigenvalue weighted by atomic mass is 35.5. The number of ether oxygens (including phenoxy) is 1. The third-order valence-electron chi connectivity index (χ3n) is 3.37. The lowest BCUT2D eigenvalue weighted by molar-refractivity contribution is 0.415. The molecule has 0 spiro atoms. The van der Waals surface area contributed by atoms with Crippen LogP contribution in [0.25, 0.3) is 10.9 Å². The summed E-state index contributed by atoms with van der Waals surface area (Å²) in [5.74, 6) is 0.846. The van der Waals surface area contributed by atoms with Gasteiger partial charge in [-0.15, -0.1) is 24.8 Å². The Bertz CT molecular complexity index is 593. The molecule has 2 rings (SSSR count). The predicted molar refractivity (Wildman–Crippen MR) is 98.9 cm³/mol. The molecule has 0 aliphatic carbocycles. The lowest BCUT2D eigenvalue weighted by atomic mass is 10.1. The Morgan fingerprint density at radius 1 is 1.27 bits per heavy atom. The maximum Gasteiger partial charge on any atom is 0.121 e. The first-order valence-corrected chi connectivity index (χ1v) is 7.05. The van der Waals surface area contributed by atoms with Crippen molar-refractivity contribution in [2.45, 2.75) is 32.7 Å². The summed E-state index contributed by atoms with van der Waals surface area (Å²) in [5.41, 5.74) is 8.71. The summed E-state index contributed by atoms with van der Waals surface area (Å²) in [4.78, 5) is 4.55. The van der Waals surface area contributed by atoms with E-state index in [1.807, 2.05) is 25.3 Å². The summed E-state index contributed by atoms with van der Waals surface area (Å²) in [6, 6.07) is 6.51. The minimum absolute atomic E-state index is 0. The fraction of sp³-hybridized carbons (Fsp3) is 0.438. The van der Waals surface area contributed by atoms with Gasteiger partial charge in [-0.05, 0) is 50.9 Å². The van der Waals surface area contributed by atoms with Gasteiger partial charge in [-0.2, -0.15) is 0 Å². The molecule has 1 heterocycles. The van der Waals surface area contributed by atoms with Crippen molar-refractivity contribution >= 4 is 41.4 Å². The van der Waals surface area contributed by atoms with Gasteiger partial charge in [0, 0.05) is 23.7 Å². The molecule has 2 aromatic rings. The molecule has 3 N–H and O–H groups in total. The summed E-state index contributed by atoms with van der Waals surface area (Å²) in [6.07, 6.45) is 3.95. The van der Waals surface area contributed by atoms with E-state index >= 15 is 0 Å². The molecular weight excluding hydrogens is 321 g/mol. The number of hydrogen-bond acceptors (Lipinski definition) is 4. The molecule has 22 heavy (non-hydrogen) atoms. The Hall–Kier alpha value is -1.23. The minimum atomic E-state index is 0. The number of nitrogens with zero attached hydrogens (tertiary/aromatic N) is 1. The molecule has 1 aromatic carbocycles. The molecule has 0 bridgehead atoms. The van der Waals surface area contributed by atoms with Crippen LogP contribution in [0.3, 0.4) is 0 Å². The zero-order valence-corrected chi connectivity index (χ0v) is 14.9. The molecule has 0 radical (unpaired) electrons. The van der Waals surface area contributed by atoms with Gasteiger partial charge in [0.2, 0.25) is 0 Å². The second-order valence-corrected chi connectivity index (χ2v) is 5.24. The number of aromatic nitrogens is 1. The van der Waals surface area contributed by atoms with Gasteiger partial charge in [0.25, 0.3) is 0 Å². The summed E-state index contributed by atoms with van der Waals surface area (Å²) < 4.78 is 5.38. The van der Waals surface area contributed by atoms with Crippen LogP contribution in [0.5, 0.6) is 5.75 Å². The zero-order valence-electron chi connectivity index (χ0n) is 13.3. The van der Waals surface area contributed by atoms with E-state index in [0.29, 0.717) is 6.04 Å². The van der Waals surface area contributed by atoms with Crippen molar-refractivity contribution in [2.75, 3.05) is 19.0 Å². The van der Waals surface area contributed by atoms with Crippen molar-refractivity contribution in [3.05, 3.63) is 30.0 Å². The van der Waals surface area contributed by atoms with E-state index in [4.69, 9.17) is 10.5 Å². The van der Waals surface area contributed by atoms with Crippen molar-refractivity contribution in [1.29, 1.82) is 0 Å². The van der Waals surface area contributed by atoms with Gasteiger partial charge in [-0.25, -0.2) is 0 Å². The predicted octanol–water partition coefficient (Wildman–Crippen LogP) is 3.93. The normalized spacial score (nSPS) is 11.3. The minimum Gasteiger partial charge on any atom is -0.497 e. The monoisotopic (exact) mass is 345 g/mol. The van der Waals surface area contributed by atoms with E-state index in [0.717, 1.165) is 47.3 Å². The SMILES string of the molecule is COc1cc(NC(C)CCCN)c2ncc(C)cc2c1.Cl.Cl. The van der Waals surface area contributed by atoms with Gasteiger partial charge in [0.05, 0.1) is 18.3 Å². The van der Waals surface area contributed by atoms with Crippen molar-refractivity contribution in [3.8, 4) is 5.75 Å². The molecule has 4 nitrogen and oxygen atoms in total. The van der Waals surface area contributed by atoms with E-state index in [2.05, 4.69) is 23.3 Å². The fourth-order valence-electron chi connectivity index (χ4n) is 2.32. The smallest absolute Gasteiger partial charge is 0.121 e. The van der Waals surface area contributed by atoms with Crippen LogP contribution in [0.1, 0.15) is 25.3 Å². The number of hydrogen-bond donors (Lipinski definition) is 2. The van der Waals surface area contributed by atoms with E-state index in [1.54, 1.807) is 7.11 Å². The second kappa shape index (κ2) is 9.72. The zero-order chi connectivity index (χ0) is 14.5. The Kier molecular flexibility index (Phi) is 9.18. The highest BCUT2D eigenvalue weighted by molar-refractivity contribution is 5.92. The van der Waals surface area contributed by atoms with Crippen molar-refractivity contribution in [1.82, 2.24) is 4.98 Å². The average Bonchev–Trinajstić information content (AvgIpc) is 2.44. The Morgan fingerprint density at radius 2 is 2.00 bits per heavy atom. The van der Waals surface area contributed by atoms with Crippen molar-refractivity contribution in [2.24, 2.45) is 5.73 Å². The molecule has 0 saturated carbocycles. The number of nitrogens with two attached hydrogens (primary N) is 1. The van der Waals surface area contributed by atoms with Crippen LogP contribution in [-0.2, 0) is 0 Å². The van der Waals surface area contributed by atoms with Crippen molar-refractivity contribution < 1.29 is 4.74 Å². The Balaban J connectivity index is 0.00000220. The van der Waals surface area contributed by atoms with Crippen LogP contribution in [0.4, 0.5) is 5.69 Å². The molecule has 0 fully saturated rings. The quantitative estimate of drug-likeness (QED) is 0.832. The van der Waals surface area contributed by atoms with Gasteiger partial charge in [0.1, 0.15) is 5.75 Å². The first-order valence-electron chi connectivity index (χ1n) is 7.05. The van der Waals surface area contributed by atoms with Crippen LogP contribution < -0.4 is 15.8 Å². The molecule has 0 aliphatic heterocycles. The molecule has 1 atom stereocenters. The Labute approximate surface area is 144 Å². The van der Waals surface area contributed by atoms with Crippen LogP contribution in [0.15, 0.2) is 24.4 Å². The number of pyridine rings is 1. The molecule has 6 heteroatoms. The lowest BCUT2D eigenvalue weighted by Crippen LogP contribution is -2.17. The van der Waals surface area contributed by atoms with Crippen LogP contribution in [0, 0.1) is 6.92 Å². The van der Waals surface area contributed by atoms with E-state index in [1.165, 1.54) is 0 Å². The van der Waals surface area contributed by atoms with Crippen LogP contribution in [-0.4, -0.2) is 24.7 Å². The van der Waals surface area contributed by atoms with Gasteiger partial charge < -0.3 is 15.8 Å². The van der Waals surface area contributed by atoms with Gasteiger partial charge in [-0.1, -0.05) is 0 Å². The number of benzene rings is 1. The van der Waals surface area contributed by atoms with Gasteiger partial charge in [-0.3, -0.25) is 4.98 Å². The maximum absolute atomic E-state index is 5.56. The Morgan fingerprint density at radius 3 is 2.64 bits per heavy atom. The molecule has 0 amide bonds. The summed E-state index contributed by atoms with van der Waals surface area (Å²) in [7, 11) is 1.69. The average molecular weight is 346 g/mol. The summed E-state index contributed by atoms with van der Waals surface area (Å²) >= 11 is 0. The molecule has 0 aliphatic rings. The number of anilines is 1. The molecule has 0 saturated heterocycles. The van der Waals surface area contributed by atoms with E-state index in [9.17, 15) is 0 Å². The largest absolute Gasteiger partial charge is 0.497 e. The second-order valence-electron chi connectivity index (χ2n) is 5.24. The highest BCUT2D eigenvalue weighted by Crippen LogP contribution is 2.29. The highest BCUT2D eigenvalue weighted by Gasteiger charge is 2.09. The van der Waals surface area contributed by atoms with Crippen LogP contribution >= 0.6 is 24.8 Å². The van der Waals surface area contributed by atoms with Crippen LogP contribution in [0.2, 0.25) is 0 Å². The lowest BCUT2D eigenvalue weighted by Gasteiger charge is -2.17. The van der Waals surface area contributed by atoms with Gasteiger partial charge in [0.15, 0.2) is 0 Å². The first-order chi connectivity index (χ1) is 9.63. The molecule has 124 valence electrons. The topological polar surface area (TPSA) is 60.2 Å². The summed E-state index contributed by atoms with van der Waals surface area (Å²) in [5, 5.41) is 4.61. The number of halogens is 2. The summed E-state index contributed by atoms with van der Waals surface area (Å²) in [6.45, 7) is 4.93. The first kappa shape index (κ1) is 20.8. The number of fused-ring (bicyclic) bond motifs is 1. The van der Waals surface area contributed by atoms with Gasteiger partial charge >= 0.3 is 0 Å². The fourth-order valence-corrected chi connectivity index (χ4v) is 2.32. The maximum atomic E-state index is 5.56.